The van der Waals surface area contributed by atoms with Gasteiger partial charge in [0.25, 0.3) is 0 Å². The molecule has 1 saturated heterocycles. The molecule has 108 valence electrons. The molecule has 1 aromatic carbocycles. The molecule has 1 amide bonds. The smallest absolute Gasteiger partial charge is 0.410 e. The minimum atomic E-state index is -1.27. The van der Waals surface area contributed by atoms with Gasteiger partial charge in [-0.15, -0.1) is 0 Å². The Morgan fingerprint density at radius 1 is 1.30 bits per heavy atom. The van der Waals surface area contributed by atoms with E-state index in [0.717, 1.165) is 18.4 Å². The molecule has 5 nitrogen and oxygen atoms in total. The molecular weight excluding hydrogens is 258 g/mol. The largest absolute Gasteiger partial charge is 0.548 e. The average Bonchev–Trinajstić information content (AvgIpc) is 2.46. The van der Waals surface area contributed by atoms with Crippen LogP contribution in [0.1, 0.15) is 31.7 Å². The van der Waals surface area contributed by atoms with Crippen LogP contribution in [0.25, 0.3) is 0 Å². The number of rotatable bonds is 3. The van der Waals surface area contributed by atoms with Crippen LogP contribution in [-0.4, -0.2) is 29.0 Å². The van der Waals surface area contributed by atoms with Gasteiger partial charge in [0.05, 0.1) is 11.5 Å². The molecule has 1 aromatic rings. The highest BCUT2D eigenvalue weighted by atomic mass is 16.6. The maximum Gasteiger partial charge on any atom is 0.410 e. The van der Waals surface area contributed by atoms with E-state index in [9.17, 15) is 14.7 Å². The molecule has 1 unspecified atom stereocenters. The summed E-state index contributed by atoms with van der Waals surface area (Å²) in [6.45, 7) is 2.04. The Balaban J connectivity index is 2.02. The zero-order chi connectivity index (χ0) is 14.6. The van der Waals surface area contributed by atoms with Gasteiger partial charge in [-0.2, -0.15) is 0 Å². The summed E-state index contributed by atoms with van der Waals surface area (Å²) >= 11 is 0. The van der Waals surface area contributed by atoms with Crippen LogP contribution in [0, 0.1) is 0 Å². The van der Waals surface area contributed by atoms with Crippen molar-refractivity contribution in [1.29, 1.82) is 0 Å². The number of aliphatic carboxylic acids is 1. The van der Waals surface area contributed by atoms with Crippen molar-refractivity contribution in [2.45, 2.75) is 38.3 Å². The second kappa shape index (κ2) is 5.94. The fraction of sp³-hybridized carbons (Fsp3) is 0.467. The van der Waals surface area contributed by atoms with Crippen molar-refractivity contribution in [2.24, 2.45) is 0 Å². The van der Waals surface area contributed by atoms with Crippen LogP contribution in [-0.2, 0) is 16.1 Å². The quantitative estimate of drug-likeness (QED) is 0.834. The normalized spacial score (nSPS) is 22.4. The number of carbonyl (C=O) groups is 2. The first kappa shape index (κ1) is 14.4. The number of amides is 1. The van der Waals surface area contributed by atoms with Crippen molar-refractivity contribution in [3.63, 3.8) is 0 Å². The summed E-state index contributed by atoms with van der Waals surface area (Å²) in [6.07, 6.45) is 1.35. The van der Waals surface area contributed by atoms with Gasteiger partial charge >= 0.3 is 6.09 Å². The molecule has 2 rings (SSSR count). The highest BCUT2D eigenvalue weighted by molar-refractivity contribution is 5.82. The van der Waals surface area contributed by atoms with Gasteiger partial charge in [-0.3, -0.25) is 4.90 Å². The van der Waals surface area contributed by atoms with Crippen LogP contribution in [0.4, 0.5) is 4.79 Å². The topological polar surface area (TPSA) is 69.7 Å². The molecule has 0 aromatic heterocycles. The number of carboxylic acid groups (broad SMARTS) is 1. The molecule has 1 aliphatic rings. The predicted molar refractivity (Wildman–Crippen MR) is 70.6 cm³/mol. The second-order valence-corrected chi connectivity index (χ2v) is 5.21. The van der Waals surface area contributed by atoms with E-state index in [0.29, 0.717) is 13.0 Å². The van der Waals surface area contributed by atoms with E-state index in [2.05, 4.69) is 0 Å². The van der Waals surface area contributed by atoms with Gasteiger partial charge in [0.2, 0.25) is 0 Å². The number of hydrogen-bond donors (Lipinski definition) is 0. The van der Waals surface area contributed by atoms with Crippen LogP contribution in [0.5, 0.6) is 0 Å². The fourth-order valence-corrected chi connectivity index (χ4v) is 2.42. The first-order valence-electron chi connectivity index (χ1n) is 6.74. The van der Waals surface area contributed by atoms with Crippen LogP contribution in [0.15, 0.2) is 30.3 Å². The van der Waals surface area contributed by atoms with Crippen LogP contribution < -0.4 is 5.11 Å². The summed E-state index contributed by atoms with van der Waals surface area (Å²) in [7, 11) is 0. The Labute approximate surface area is 118 Å². The maximum atomic E-state index is 12.1. The van der Waals surface area contributed by atoms with Gasteiger partial charge in [-0.1, -0.05) is 30.3 Å². The molecule has 0 saturated carbocycles. The van der Waals surface area contributed by atoms with Gasteiger partial charge in [0.15, 0.2) is 0 Å². The third-order valence-electron chi connectivity index (χ3n) is 3.76. The molecule has 1 atom stereocenters. The standard InChI is InChI=1S/C15H19NO4/c1-15(13(17)18)9-5-6-10-16(15)14(19)20-11-12-7-3-2-4-8-12/h2-4,7-8H,5-6,9-11H2,1H3,(H,17,18)/p-1. The first-order valence-corrected chi connectivity index (χ1v) is 6.74. The van der Waals surface area contributed by atoms with Crippen molar-refractivity contribution < 1.29 is 19.4 Å². The molecule has 0 aliphatic carbocycles. The number of likely N-dealkylation sites (tertiary alicyclic amines) is 1. The lowest BCUT2D eigenvalue weighted by atomic mass is 9.89. The summed E-state index contributed by atoms with van der Waals surface area (Å²) in [4.78, 5) is 24.7. The van der Waals surface area contributed by atoms with Crippen molar-refractivity contribution in [1.82, 2.24) is 4.90 Å². The average molecular weight is 276 g/mol. The molecule has 0 radical (unpaired) electrons. The number of piperidine rings is 1. The van der Waals surface area contributed by atoms with Crippen molar-refractivity contribution in [2.75, 3.05) is 6.54 Å². The summed E-state index contributed by atoms with van der Waals surface area (Å²) in [5.41, 5.74) is -0.403. The molecule has 20 heavy (non-hydrogen) atoms. The third-order valence-corrected chi connectivity index (χ3v) is 3.76. The van der Waals surface area contributed by atoms with Crippen LogP contribution in [0.2, 0.25) is 0 Å². The Kier molecular flexibility index (Phi) is 4.27. The molecule has 1 heterocycles. The van der Waals surface area contributed by atoms with E-state index in [1.807, 2.05) is 30.3 Å². The SMILES string of the molecule is CC1(C(=O)[O-])CCCCN1C(=O)OCc1ccccc1. The molecule has 5 heteroatoms. The molecule has 1 aliphatic heterocycles. The Hall–Kier alpha value is -2.04. The lowest BCUT2D eigenvalue weighted by Gasteiger charge is -2.44. The van der Waals surface area contributed by atoms with Crippen LogP contribution >= 0.6 is 0 Å². The van der Waals surface area contributed by atoms with Gasteiger partial charge in [-0.05, 0) is 31.7 Å². The van der Waals surface area contributed by atoms with Crippen molar-refractivity contribution in [3.8, 4) is 0 Å². The predicted octanol–water partition coefficient (Wildman–Crippen LogP) is 1.32. The summed E-state index contributed by atoms with van der Waals surface area (Å²) in [5.74, 6) is -1.23. The van der Waals surface area contributed by atoms with Crippen molar-refractivity contribution >= 4 is 12.1 Å². The number of carboxylic acids is 1. The van der Waals surface area contributed by atoms with Gasteiger partial charge in [0, 0.05) is 6.54 Å². The fourth-order valence-electron chi connectivity index (χ4n) is 2.42. The van der Waals surface area contributed by atoms with E-state index in [4.69, 9.17) is 4.74 Å². The lowest BCUT2D eigenvalue weighted by molar-refractivity contribution is -0.319. The molecule has 0 spiro atoms. The first-order chi connectivity index (χ1) is 9.54. The molecule has 1 fully saturated rings. The Bertz CT molecular complexity index is 488. The molecular formula is C15H18NO4-. The summed E-state index contributed by atoms with van der Waals surface area (Å²) < 4.78 is 5.21. The zero-order valence-corrected chi connectivity index (χ0v) is 11.5. The van der Waals surface area contributed by atoms with E-state index in [1.165, 1.54) is 11.8 Å². The molecule has 0 N–H and O–H groups in total. The number of nitrogens with zero attached hydrogens (tertiary/aromatic N) is 1. The van der Waals surface area contributed by atoms with Gasteiger partial charge < -0.3 is 14.6 Å². The van der Waals surface area contributed by atoms with E-state index >= 15 is 0 Å². The lowest BCUT2D eigenvalue weighted by Crippen LogP contribution is -2.62. The number of benzene rings is 1. The Morgan fingerprint density at radius 3 is 2.65 bits per heavy atom. The number of hydrogen-bond acceptors (Lipinski definition) is 4. The van der Waals surface area contributed by atoms with Gasteiger partial charge in [0.1, 0.15) is 6.61 Å². The van der Waals surface area contributed by atoms with Gasteiger partial charge in [-0.25, -0.2) is 4.79 Å². The van der Waals surface area contributed by atoms with E-state index < -0.39 is 17.6 Å². The maximum absolute atomic E-state index is 12.1. The van der Waals surface area contributed by atoms with Crippen LogP contribution in [0.3, 0.4) is 0 Å². The number of ether oxygens (including phenoxy) is 1. The van der Waals surface area contributed by atoms with E-state index in [1.54, 1.807) is 0 Å². The zero-order valence-electron chi connectivity index (χ0n) is 11.5. The monoisotopic (exact) mass is 276 g/mol. The Morgan fingerprint density at radius 2 is 2.00 bits per heavy atom. The summed E-state index contributed by atoms with van der Waals surface area (Å²) in [5, 5.41) is 11.3. The highest BCUT2D eigenvalue weighted by Crippen LogP contribution is 2.28. The second-order valence-electron chi connectivity index (χ2n) is 5.21. The molecule has 0 bridgehead atoms. The van der Waals surface area contributed by atoms with E-state index in [-0.39, 0.29) is 6.61 Å². The minimum Gasteiger partial charge on any atom is -0.548 e. The minimum absolute atomic E-state index is 0.138. The number of carbonyl (C=O) groups excluding carboxylic acids is 2. The third kappa shape index (κ3) is 2.92. The summed E-state index contributed by atoms with van der Waals surface area (Å²) in [6, 6.07) is 9.29. The highest BCUT2D eigenvalue weighted by Gasteiger charge is 2.39. The van der Waals surface area contributed by atoms with Crippen molar-refractivity contribution in [3.05, 3.63) is 35.9 Å².